The second-order valence-corrected chi connectivity index (χ2v) is 6.18. The summed E-state index contributed by atoms with van der Waals surface area (Å²) in [6, 6.07) is 2.59. The van der Waals surface area contributed by atoms with Crippen LogP contribution in [0.1, 0.15) is 32.8 Å². The van der Waals surface area contributed by atoms with Gasteiger partial charge in [0, 0.05) is 37.9 Å². The van der Waals surface area contributed by atoms with Gasteiger partial charge in [-0.25, -0.2) is 4.79 Å². The van der Waals surface area contributed by atoms with E-state index in [2.05, 4.69) is 0 Å². The fourth-order valence-electron chi connectivity index (χ4n) is 2.98. The molecule has 3 rings (SSSR count). The molecular formula is C21H35NO8. The normalized spacial score (nSPS) is 21.9. The number of nitrogens with zero attached hydrogens (tertiary/aromatic N) is 1. The standard InChI is InChI=1S/C13H15NO4.C5H10O3.C2H6.CH4O/c1-3-4-14-9-7-12(18-2)11(15)6-8(9)5-10(14)13(16)17;6-4-1-5(7)3-8-2-4;2*1-2/h3-4,6-7,10,15H,5H2,1-2H3,(H,16,17);4-7H,1-3H2;1-2H3;2H,1H3/b4-3+;;;/t10-;4-,5+;;/m0.../s1. The number of methoxy groups -OCH3 is 1. The number of ether oxygens (including phenoxy) is 2. The first-order valence-electron chi connectivity index (χ1n) is 9.79. The second-order valence-electron chi connectivity index (χ2n) is 6.18. The van der Waals surface area contributed by atoms with Crippen molar-refractivity contribution in [2.24, 2.45) is 0 Å². The lowest BCUT2D eigenvalue weighted by Gasteiger charge is -2.21. The molecule has 1 saturated heterocycles. The van der Waals surface area contributed by atoms with Crippen LogP contribution in [0.5, 0.6) is 11.5 Å². The van der Waals surface area contributed by atoms with Crippen molar-refractivity contribution in [3.8, 4) is 11.5 Å². The first kappa shape index (κ1) is 27.7. The van der Waals surface area contributed by atoms with E-state index < -0.39 is 24.2 Å². The third kappa shape index (κ3) is 7.83. The Morgan fingerprint density at radius 3 is 2.17 bits per heavy atom. The number of aromatic hydroxyl groups is 1. The number of hydrogen-bond acceptors (Lipinski definition) is 8. The number of benzene rings is 1. The number of carbonyl (C=O) groups is 1. The molecular weight excluding hydrogens is 394 g/mol. The summed E-state index contributed by atoms with van der Waals surface area (Å²) >= 11 is 0. The molecule has 30 heavy (non-hydrogen) atoms. The molecule has 0 spiro atoms. The van der Waals surface area contributed by atoms with Crippen LogP contribution in [-0.4, -0.2) is 77.2 Å². The van der Waals surface area contributed by atoms with E-state index >= 15 is 0 Å². The highest BCUT2D eigenvalue weighted by molar-refractivity contribution is 5.84. The van der Waals surface area contributed by atoms with Crippen LogP contribution in [0.2, 0.25) is 0 Å². The maximum absolute atomic E-state index is 11.2. The Balaban J connectivity index is 0.000000585. The number of hydrogen-bond donors (Lipinski definition) is 5. The zero-order valence-electron chi connectivity index (χ0n) is 18.3. The number of carboxylic acid groups (broad SMARTS) is 1. The lowest BCUT2D eigenvalue weighted by Crippen LogP contribution is -2.34. The zero-order chi connectivity index (χ0) is 23.3. The summed E-state index contributed by atoms with van der Waals surface area (Å²) in [5.41, 5.74) is 1.56. The molecule has 2 heterocycles. The molecule has 172 valence electrons. The molecule has 3 atom stereocenters. The van der Waals surface area contributed by atoms with Gasteiger partial charge in [-0.05, 0) is 18.6 Å². The van der Waals surface area contributed by atoms with Crippen LogP contribution in [0.4, 0.5) is 5.69 Å². The predicted molar refractivity (Wildman–Crippen MR) is 114 cm³/mol. The van der Waals surface area contributed by atoms with Gasteiger partial charge in [0.05, 0.1) is 32.5 Å². The molecule has 0 bridgehead atoms. The number of phenolic OH excluding ortho intramolecular Hbond substituents is 1. The van der Waals surface area contributed by atoms with Gasteiger partial charge in [-0.3, -0.25) is 0 Å². The molecule has 2 aliphatic heterocycles. The van der Waals surface area contributed by atoms with Crippen LogP contribution in [0.25, 0.3) is 0 Å². The molecule has 1 aromatic rings. The van der Waals surface area contributed by atoms with E-state index in [0.717, 1.165) is 18.4 Å². The Bertz CT molecular complexity index is 657. The average Bonchev–Trinajstić information content (AvgIpc) is 3.08. The smallest absolute Gasteiger partial charge is 0.327 e. The van der Waals surface area contributed by atoms with Crippen LogP contribution in [-0.2, 0) is 16.0 Å². The van der Waals surface area contributed by atoms with Crippen LogP contribution in [0.3, 0.4) is 0 Å². The number of anilines is 1. The first-order valence-corrected chi connectivity index (χ1v) is 9.79. The van der Waals surface area contributed by atoms with Gasteiger partial charge in [-0.2, -0.15) is 0 Å². The molecule has 2 aliphatic rings. The minimum atomic E-state index is -0.886. The summed E-state index contributed by atoms with van der Waals surface area (Å²) in [6.07, 6.45) is 3.41. The van der Waals surface area contributed by atoms with Crippen molar-refractivity contribution in [1.82, 2.24) is 0 Å². The van der Waals surface area contributed by atoms with E-state index in [-0.39, 0.29) is 5.75 Å². The van der Waals surface area contributed by atoms with E-state index in [0.29, 0.717) is 31.8 Å². The molecule has 1 aromatic carbocycles. The van der Waals surface area contributed by atoms with Gasteiger partial charge in [-0.1, -0.05) is 19.9 Å². The lowest BCUT2D eigenvalue weighted by molar-refractivity contribution is -0.138. The van der Waals surface area contributed by atoms with Crippen molar-refractivity contribution in [3.05, 3.63) is 30.0 Å². The maximum Gasteiger partial charge on any atom is 0.327 e. The molecule has 0 radical (unpaired) electrons. The number of carboxylic acids is 1. The number of phenols is 1. The van der Waals surface area contributed by atoms with E-state index in [4.69, 9.17) is 24.8 Å². The van der Waals surface area contributed by atoms with Gasteiger partial charge >= 0.3 is 5.97 Å². The molecule has 0 saturated carbocycles. The van der Waals surface area contributed by atoms with Gasteiger partial charge < -0.3 is 39.9 Å². The maximum atomic E-state index is 11.2. The molecule has 9 heteroatoms. The first-order chi connectivity index (χ1) is 14.4. The highest BCUT2D eigenvalue weighted by Gasteiger charge is 2.34. The Morgan fingerprint density at radius 1 is 1.20 bits per heavy atom. The largest absolute Gasteiger partial charge is 0.504 e. The van der Waals surface area contributed by atoms with Gasteiger partial charge in [-0.15, -0.1) is 0 Å². The fraction of sp³-hybridized carbons (Fsp3) is 0.571. The highest BCUT2D eigenvalue weighted by atomic mass is 16.5. The number of aliphatic hydroxyl groups excluding tert-OH is 3. The van der Waals surface area contributed by atoms with Crippen molar-refractivity contribution in [1.29, 1.82) is 0 Å². The molecule has 0 unspecified atom stereocenters. The SMILES string of the molecule is C/C=C/N1c2cc(OC)c(O)cc2C[C@H]1C(=O)O.CC.CO.O[C@@H]1COC[C@H](O)C1. The fourth-order valence-corrected chi connectivity index (χ4v) is 2.98. The van der Waals surface area contributed by atoms with Crippen LogP contribution >= 0.6 is 0 Å². The van der Waals surface area contributed by atoms with E-state index in [1.165, 1.54) is 7.11 Å². The van der Waals surface area contributed by atoms with Crippen LogP contribution in [0, 0.1) is 0 Å². The van der Waals surface area contributed by atoms with Gasteiger partial charge in [0.1, 0.15) is 6.04 Å². The number of fused-ring (bicyclic) bond motifs is 1. The topological polar surface area (TPSA) is 140 Å². The number of aliphatic carboxylic acids is 1. The van der Waals surface area contributed by atoms with E-state index in [1.807, 2.05) is 20.8 Å². The number of rotatable bonds is 3. The molecule has 9 nitrogen and oxygen atoms in total. The summed E-state index contributed by atoms with van der Waals surface area (Å²) < 4.78 is 9.84. The van der Waals surface area contributed by atoms with Crippen LogP contribution < -0.4 is 9.64 Å². The highest BCUT2D eigenvalue weighted by Crippen LogP contribution is 2.40. The zero-order valence-corrected chi connectivity index (χ0v) is 18.3. The summed E-state index contributed by atoms with van der Waals surface area (Å²) in [5, 5.41) is 43.5. The van der Waals surface area contributed by atoms with Gasteiger partial charge in [0.25, 0.3) is 0 Å². The molecule has 0 aliphatic carbocycles. The molecule has 0 aromatic heterocycles. The summed E-state index contributed by atoms with van der Waals surface area (Å²) in [7, 11) is 2.46. The molecule has 5 N–H and O–H groups in total. The predicted octanol–water partition coefficient (Wildman–Crippen LogP) is 1.51. The molecule has 0 amide bonds. The van der Waals surface area contributed by atoms with Crippen molar-refractivity contribution < 1.29 is 39.8 Å². The Hall–Kier alpha value is -2.33. The van der Waals surface area contributed by atoms with E-state index in [1.54, 1.807) is 29.3 Å². The lowest BCUT2D eigenvalue weighted by atomic mass is 10.1. The summed E-state index contributed by atoms with van der Waals surface area (Å²) in [6.45, 7) is 6.57. The average molecular weight is 430 g/mol. The van der Waals surface area contributed by atoms with Gasteiger partial charge in [0.2, 0.25) is 0 Å². The quantitative estimate of drug-likeness (QED) is 0.484. The Kier molecular flexibility index (Phi) is 13.5. The summed E-state index contributed by atoms with van der Waals surface area (Å²) in [5.74, 6) is -0.514. The Morgan fingerprint density at radius 2 is 1.77 bits per heavy atom. The number of allylic oxidation sites excluding steroid dienone is 1. The van der Waals surface area contributed by atoms with Gasteiger partial charge in [0.15, 0.2) is 11.5 Å². The third-order valence-electron chi connectivity index (χ3n) is 4.17. The number of aliphatic hydroxyl groups is 3. The van der Waals surface area contributed by atoms with E-state index in [9.17, 15) is 15.0 Å². The third-order valence-corrected chi connectivity index (χ3v) is 4.17. The minimum absolute atomic E-state index is 0.0303. The second kappa shape index (κ2) is 14.6. The monoisotopic (exact) mass is 429 g/mol. The summed E-state index contributed by atoms with van der Waals surface area (Å²) in [4.78, 5) is 12.9. The molecule has 1 fully saturated rings. The van der Waals surface area contributed by atoms with Crippen molar-refractivity contribution in [2.45, 2.75) is 51.9 Å². The minimum Gasteiger partial charge on any atom is -0.504 e. The Labute approximate surface area is 177 Å². The van der Waals surface area contributed by atoms with Crippen molar-refractivity contribution in [2.75, 3.05) is 32.3 Å². The van der Waals surface area contributed by atoms with Crippen molar-refractivity contribution in [3.63, 3.8) is 0 Å². The van der Waals surface area contributed by atoms with Crippen molar-refractivity contribution >= 4 is 11.7 Å². The van der Waals surface area contributed by atoms with Crippen LogP contribution in [0.15, 0.2) is 24.4 Å².